The molecule has 2 heterocycles. The van der Waals surface area contributed by atoms with Gasteiger partial charge in [0.05, 0.1) is 29.1 Å². The summed E-state index contributed by atoms with van der Waals surface area (Å²) in [6, 6.07) is 16.2. The lowest BCUT2D eigenvalue weighted by atomic mass is 10.1. The molecule has 0 aliphatic carbocycles. The van der Waals surface area contributed by atoms with Gasteiger partial charge in [0.1, 0.15) is 5.75 Å². The van der Waals surface area contributed by atoms with Gasteiger partial charge in [0.2, 0.25) is 0 Å². The van der Waals surface area contributed by atoms with Gasteiger partial charge in [0.25, 0.3) is 5.91 Å². The maximum Gasteiger partial charge on any atom is 0.255 e. The van der Waals surface area contributed by atoms with Gasteiger partial charge < -0.3 is 14.5 Å². The third-order valence-electron chi connectivity index (χ3n) is 5.46. The molecule has 0 saturated carbocycles. The van der Waals surface area contributed by atoms with Crippen molar-refractivity contribution in [2.45, 2.75) is 20.8 Å². The Morgan fingerprint density at radius 1 is 1.03 bits per heavy atom. The number of fused-ring (bicyclic) bond motifs is 1. The summed E-state index contributed by atoms with van der Waals surface area (Å²) >= 11 is 0. The molecule has 3 aromatic rings. The summed E-state index contributed by atoms with van der Waals surface area (Å²) in [7, 11) is 0. The van der Waals surface area contributed by atoms with E-state index in [0.29, 0.717) is 25.3 Å². The number of hydrogen-bond donors (Lipinski definition) is 0. The van der Waals surface area contributed by atoms with Gasteiger partial charge in [0.15, 0.2) is 0 Å². The van der Waals surface area contributed by atoms with Crippen LogP contribution in [0.15, 0.2) is 48.5 Å². The number of rotatable bonds is 4. The van der Waals surface area contributed by atoms with Crippen LogP contribution in [0.3, 0.4) is 0 Å². The predicted octanol–water partition coefficient (Wildman–Crippen LogP) is 4.21. The zero-order chi connectivity index (χ0) is 20.4. The molecule has 0 unspecified atom stereocenters. The first-order chi connectivity index (χ1) is 14.1. The highest BCUT2D eigenvalue weighted by atomic mass is 16.5. The smallest absolute Gasteiger partial charge is 0.255 e. The highest BCUT2D eigenvalue weighted by Crippen LogP contribution is 2.29. The van der Waals surface area contributed by atoms with Gasteiger partial charge in [0, 0.05) is 31.6 Å². The number of amides is 1. The molecule has 4 rings (SSSR count). The summed E-state index contributed by atoms with van der Waals surface area (Å²) in [4.78, 5) is 22.1. The van der Waals surface area contributed by atoms with Crippen molar-refractivity contribution in [2.24, 2.45) is 0 Å². The first kappa shape index (κ1) is 19.2. The summed E-state index contributed by atoms with van der Waals surface area (Å²) in [6.07, 6.45) is 0. The summed E-state index contributed by atoms with van der Waals surface area (Å²) < 4.78 is 5.77. The molecular formula is C24H27N3O2. The van der Waals surface area contributed by atoms with Crippen molar-refractivity contribution in [1.82, 2.24) is 9.88 Å². The van der Waals surface area contributed by atoms with Crippen LogP contribution >= 0.6 is 0 Å². The van der Waals surface area contributed by atoms with Crippen molar-refractivity contribution in [1.29, 1.82) is 0 Å². The number of pyridine rings is 1. The molecule has 0 N–H and O–H groups in total. The number of ether oxygens (including phenoxy) is 1. The maximum absolute atomic E-state index is 13.2. The second-order valence-electron chi connectivity index (χ2n) is 7.50. The van der Waals surface area contributed by atoms with Gasteiger partial charge in [-0.3, -0.25) is 9.78 Å². The van der Waals surface area contributed by atoms with E-state index < -0.39 is 0 Å². The second-order valence-corrected chi connectivity index (χ2v) is 7.50. The van der Waals surface area contributed by atoms with Gasteiger partial charge in [-0.25, -0.2) is 0 Å². The molecule has 5 nitrogen and oxygen atoms in total. The lowest BCUT2D eigenvalue weighted by molar-refractivity contribution is 0.0745. The number of aryl methyl sites for hydroxylation is 2. The van der Waals surface area contributed by atoms with Crippen molar-refractivity contribution in [3.8, 4) is 5.75 Å². The average molecular weight is 389 g/mol. The van der Waals surface area contributed by atoms with E-state index in [9.17, 15) is 4.79 Å². The van der Waals surface area contributed by atoms with E-state index >= 15 is 0 Å². The highest BCUT2D eigenvalue weighted by Gasteiger charge is 2.25. The third-order valence-corrected chi connectivity index (χ3v) is 5.46. The Kier molecular flexibility index (Phi) is 5.38. The molecule has 0 atom stereocenters. The van der Waals surface area contributed by atoms with Crippen LogP contribution < -0.4 is 9.64 Å². The van der Waals surface area contributed by atoms with E-state index in [-0.39, 0.29) is 5.91 Å². The quantitative estimate of drug-likeness (QED) is 0.670. The molecule has 1 aromatic heterocycles. The van der Waals surface area contributed by atoms with Crippen LogP contribution in [0.5, 0.6) is 5.75 Å². The Morgan fingerprint density at radius 2 is 1.79 bits per heavy atom. The van der Waals surface area contributed by atoms with Crippen molar-refractivity contribution >= 4 is 22.5 Å². The van der Waals surface area contributed by atoms with Gasteiger partial charge in [-0.1, -0.05) is 23.8 Å². The van der Waals surface area contributed by atoms with E-state index in [4.69, 9.17) is 4.74 Å². The summed E-state index contributed by atoms with van der Waals surface area (Å²) in [5, 5.41) is 1.02. The number of nitrogens with zero attached hydrogens (tertiary/aromatic N) is 3. The Bertz CT molecular complexity index is 1040. The van der Waals surface area contributed by atoms with Crippen molar-refractivity contribution in [3.63, 3.8) is 0 Å². The van der Waals surface area contributed by atoms with E-state index in [1.54, 1.807) is 0 Å². The number of carbonyl (C=O) groups excluding carboxylic acids is 1. The number of anilines is 1. The fourth-order valence-corrected chi connectivity index (χ4v) is 3.93. The molecule has 0 bridgehead atoms. The minimum Gasteiger partial charge on any atom is -0.492 e. The van der Waals surface area contributed by atoms with E-state index in [1.165, 1.54) is 5.56 Å². The number of para-hydroxylation sites is 2. The molecule has 5 heteroatoms. The SMILES string of the molecule is CCOc1ccccc1N1CCN(C(=O)c2cc3cc(C)ccc3nc2C)CC1. The Labute approximate surface area is 171 Å². The summed E-state index contributed by atoms with van der Waals surface area (Å²) in [6.45, 7) is 9.55. The molecule has 1 fully saturated rings. The Balaban J connectivity index is 1.51. The predicted molar refractivity (Wildman–Crippen MR) is 117 cm³/mol. The lowest BCUT2D eigenvalue weighted by Crippen LogP contribution is -2.49. The van der Waals surface area contributed by atoms with E-state index in [1.807, 2.05) is 49.1 Å². The van der Waals surface area contributed by atoms with Gasteiger partial charge in [-0.05, 0) is 51.1 Å². The van der Waals surface area contributed by atoms with Crippen molar-refractivity contribution in [3.05, 3.63) is 65.4 Å². The summed E-state index contributed by atoms with van der Waals surface area (Å²) in [5.41, 5.74) is 4.69. The van der Waals surface area contributed by atoms with Crippen LogP contribution in [0.2, 0.25) is 0 Å². The Hall–Kier alpha value is -3.08. The molecule has 0 radical (unpaired) electrons. The van der Waals surface area contributed by atoms with Crippen molar-refractivity contribution < 1.29 is 9.53 Å². The lowest BCUT2D eigenvalue weighted by Gasteiger charge is -2.36. The van der Waals surface area contributed by atoms with Gasteiger partial charge >= 0.3 is 0 Å². The topological polar surface area (TPSA) is 45.7 Å². The average Bonchev–Trinajstić information content (AvgIpc) is 2.74. The van der Waals surface area contributed by atoms with Crippen molar-refractivity contribution in [2.75, 3.05) is 37.7 Å². The minimum atomic E-state index is 0.0659. The molecular weight excluding hydrogens is 362 g/mol. The fraction of sp³-hybridized carbons (Fsp3) is 0.333. The van der Waals surface area contributed by atoms with Crippen LogP contribution in [0.1, 0.15) is 28.5 Å². The third kappa shape index (κ3) is 3.90. The standard InChI is InChI=1S/C24H27N3O2/c1-4-29-23-8-6-5-7-22(23)26-11-13-27(14-12-26)24(28)20-16-19-15-17(2)9-10-21(19)25-18(20)3/h5-10,15-16H,4,11-14H2,1-3H3. The number of carbonyl (C=O) groups is 1. The molecule has 1 amide bonds. The van der Waals surface area contributed by atoms with Gasteiger partial charge in [-0.15, -0.1) is 0 Å². The number of piperazine rings is 1. The first-order valence-corrected chi connectivity index (χ1v) is 10.2. The molecule has 150 valence electrons. The van der Waals surface area contributed by atoms with Crippen LogP contribution in [0, 0.1) is 13.8 Å². The highest BCUT2D eigenvalue weighted by molar-refractivity contribution is 5.98. The largest absolute Gasteiger partial charge is 0.492 e. The minimum absolute atomic E-state index is 0.0659. The molecule has 1 saturated heterocycles. The summed E-state index contributed by atoms with van der Waals surface area (Å²) in [5.74, 6) is 0.968. The normalized spacial score (nSPS) is 14.3. The van der Waals surface area contributed by atoms with E-state index in [0.717, 1.165) is 41.1 Å². The monoisotopic (exact) mass is 389 g/mol. The van der Waals surface area contributed by atoms with Crippen LogP contribution in [-0.4, -0.2) is 48.6 Å². The number of aromatic nitrogens is 1. The zero-order valence-corrected chi connectivity index (χ0v) is 17.3. The molecule has 1 aliphatic heterocycles. The van der Waals surface area contributed by atoms with Crippen LogP contribution in [-0.2, 0) is 0 Å². The Morgan fingerprint density at radius 3 is 2.55 bits per heavy atom. The van der Waals surface area contributed by atoms with E-state index in [2.05, 4.69) is 35.0 Å². The maximum atomic E-state index is 13.2. The number of hydrogen-bond acceptors (Lipinski definition) is 4. The molecule has 1 aliphatic rings. The zero-order valence-electron chi connectivity index (χ0n) is 17.3. The van der Waals surface area contributed by atoms with Crippen LogP contribution in [0.25, 0.3) is 10.9 Å². The molecule has 2 aromatic carbocycles. The number of benzene rings is 2. The second kappa shape index (κ2) is 8.11. The van der Waals surface area contributed by atoms with Gasteiger partial charge in [-0.2, -0.15) is 0 Å². The first-order valence-electron chi connectivity index (χ1n) is 10.2. The fourth-order valence-electron chi connectivity index (χ4n) is 3.93. The molecule has 29 heavy (non-hydrogen) atoms. The van der Waals surface area contributed by atoms with Crippen LogP contribution in [0.4, 0.5) is 5.69 Å². The molecule has 0 spiro atoms.